The van der Waals surface area contributed by atoms with Crippen LogP contribution in [0.2, 0.25) is 0 Å². The molecule has 4 heteroatoms. The molecule has 0 atom stereocenters. The summed E-state index contributed by atoms with van der Waals surface area (Å²) in [6.45, 7) is 9.33. The fourth-order valence-corrected chi connectivity index (χ4v) is 12.8. The van der Waals surface area contributed by atoms with Crippen molar-refractivity contribution < 1.29 is 8.78 Å². The lowest BCUT2D eigenvalue weighted by atomic mass is 9.82. The Bertz CT molecular complexity index is 3950. The van der Waals surface area contributed by atoms with Crippen LogP contribution in [-0.2, 0) is 10.8 Å². The largest absolute Gasteiger partial charge is 0.309 e. The summed E-state index contributed by atoms with van der Waals surface area (Å²) in [5.41, 5.74) is 20.0. The van der Waals surface area contributed by atoms with E-state index in [4.69, 9.17) is 0 Å². The Kier molecular flexibility index (Phi) is 9.68. The number of hydrogen-bond donors (Lipinski definition) is 0. The van der Waals surface area contributed by atoms with E-state index in [1.54, 1.807) is 0 Å². The summed E-state index contributed by atoms with van der Waals surface area (Å²) in [5, 5.41) is 6.97. The number of fused-ring (bicyclic) bond motifs is 6. The summed E-state index contributed by atoms with van der Waals surface area (Å²) < 4.78 is 28.7. The Morgan fingerprint density at radius 1 is 0.311 bits per heavy atom. The molecule has 0 unspecified atom stereocenters. The van der Waals surface area contributed by atoms with Gasteiger partial charge in [0, 0.05) is 44.1 Å². The molecule has 0 amide bonds. The molecule has 0 heterocycles. The number of rotatable bonds is 8. The Balaban J connectivity index is 1.03. The Morgan fingerprint density at radius 2 is 0.689 bits per heavy atom. The van der Waals surface area contributed by atoms with Gasteiger partial charge in [-0.25, -0.2) is 8.78 Å². The lowest BCUT2D eigenvalue weighted by Gasteiger charge is -2.32. The highest BCUT2D eigenvalue weighted by molar-refractivity contribution is 6.28. The van der Waals surface area contributed by atoms with Crippen molar-refractivity contribution in [3.05, 3.63) is 264 Å². The zero-order valence-electron chi connectivity index (χ0n) is 41.6. The highest BCUT2D eigenvalue weighted by Crippen LogP contribution is 2.58. The second kappa shape index (κ2) is 16.3. The van der Waals surface area contributed by atoms with Crippen LogP contribution in [0.3, 0.4) is 0 Å². The highest BCUT2D eigenvalue weighted by Gasteiger charge is 2.40. The maximum absolute atomic E-state index is 14.3. The van der Waals surface area contributed by atoms with Crippen LogP contribution in [0.25, 0.3) is 76.8 Å². The molecule has 2 nitrogen and oxygen atoms in total. The third kappa shape index (κ3) is 6.54. The fourth-order valence-electron chi connectivity index (χ4n) is 12.8. The van der Waals surface area contributed by atoms with Crippen LogP contribution in [-0.4, -0.2) is 0 Å². The van der Waals surface area contributed by atoms with Gasteiger partial charge in [-0.05, 0) is 150 Å². The minimum absolute atomic E-state index is 0.205. The van der Waals surface area contributed by atoms with E-state index in [0.29, 0.717) is 0 Å². The maximum Gasteiger partial charge on any atom is 0.123 e. The monoisotopic (exact) mass is 956 g/mol. The molecule has 14 rings (SSSR count). The molecular weight excluding hydrogens is 907 g/mol. The van der Waals surface area contributed by atoms with E-state index in [1.807, 2.05) is 24.3 Å². The van der Waals surface area contributed by atoms with E-state index in [0.717, 1.165) is 77.9 Å². The van der Waals surface area contributed by atoms with E-state index in [1.165, 1.54) is 79.5 Å². The third-order valence-corrected chi connectivity index (χ3v) is 16.3. The summed E-state index contributed by atoms with van der Waals surface area (Å²) in [6, 6.07) is 80.5. The summed E-state index contributed by atoms with van der Waals surface area (Å²) >= 11 is 0. The van der Waals surface area contributed by atoms with Crippen LogP contribution >= 0.6 is 0 Å². The van der Waals surface area contributed by atoms with Crippen LogP contribution in [0.5, 0.6) is 0 Å². The quantitative estimate of drug-likeness (QED) is 0.140. The van der Waals surface area contributed by atoms with Crippen LogP contribution in [0.4, 0.5) is 42.9 Å². The smallest absolute Gasteiger partial charge is 0.123 e. The second-order valence-corrected chi connectivity index (χ2v) is 21.1. The van der Waals surface area contributed by atoms with Gasteiger partial charge in [0.25, 0.3) is 0 Å². The summed E-state index contributed by atoms with van der Waals surface area (Å²) in [7, 11) is 0. The first-order chi connectivity index (χ1) is 36.0. The van der Waals surface area contributed by atoms with Crippen LogP contribution in [0.1, 0.15) is 49.9 Å². The van der Waals surface area contributed by atoms with E-state index < -0.39 is 0 Å². The summed E-state index contributed by atoms with van der Waals surface area (Å²) in [4.78, 5) is 4.91. The van der Waals surface area contributed by atoms with Crippen molar-refractivity contribution in [2.24, 2.45) is 0 Å². The molecule has 0 spiro atoms. The average molecular weight is 957 g/mol. The van der Waals surface area contributed by atoms with Gasteiger partial charge in [0.2, 0.25) is 0 Å². The Labute approximate surface area is 430 Å². The van der Waals surface area contributed by atoms with Gasteiger partial charge in [-0.1, -0.05) is 185 Å². The zero-order chi connectivity index (χ0) is 50.0. The number of halogens is 2. The molecule has 0 saturated carbocycles. The lowest BCUT2D eigenvalue weighted by Crippen LogP contribution is -2.16. The topological polar surface area (TPSA) is 6.48 Å². The standard InChI is InChI=1S/C70H50F2N2/c1-69(2)57-19-7-5-17-53(57)67-59(69)21-11-23-63(67)73(51-15-9-13-47(41-51)43-25-33-49(71)34-26-43)61-39-31-45-30-38-56-62(40-32-46-29-37-55(61)65(45)66(46)56)74(52-16-10-14-48(42-52)44-27-35-50(72)36-28-44)64-24-12-22-60-68(64)54-18-6-8-20-58(54)70(60,3)4/h5-42H,1-4H3. The van der Waals surface area contributed by atoms with Crippen LogP contribution in [0.15, 0.2) is 231 Å². The molecule has 0 bridgehead atoms. The molecule has 0 saturated heterocycles. The second-order valence-electron chi connectivity index (χ2n) is 21.1. The predicted octanol–water partition coefficient (Wildman–Crippen LogP) is 19.7. The molecule has 2 aliphatic carbocycles. The summed E-state index contributed by atoms with van der Waals surface area (Å²) in [5.74, 6) is -0.513. The van der Waals surface area contributed by atoms with Crippen molar-refractivity contribution in [1.29, 1.82) is 0 Å². The maximum atomic E-state index is 14.3. The van der Waals surface area contributed by atoms with Crippen LogP contribution < -0.4 is 9.80 Å². The number of nitrogens with zero attached hydrogens (tertiary/aromatic N) is 2. The van der Waals surface area contributed by atoms with Gasteiger partial charge in [0.1, 0.15) is 11.6 Å². The van der Waals surface area contributed by atoms with Crippen molar-refractivity contribution in [2.75, 3.05) is 9.80 Å². The van der Waals surface area contributed by atoms with Crippen molar-refractivity contribution in [2.45, 2.75) is 38.5 Å². The van der Waals surface area contributed by atoms with E-state index >= 15 is 0 Å². The van der Waals surface area contributed by atoms with E-state index in [9.17, 15) is 8.78 Å². The highest BCUT2D eigenvalue weighted by atomic mass is 19.1. The van der Waals surface area contributed by atoms with E-state index in [-0.39, 0.29) is 22.5 Å². The molecule has 354 valence electrons. The Hall–Kier alpha value is -8.86. The average Bonchev–Trinajstić information content (AvgIpc) is 3.82. The van der Waals surface area contributed by atoms with Crippen molar-refractivity contribution in [3.63, 3.8) is 0 Å². The first-order valence-corrected chi connectivity index (χ1v) is 25.5. The first-order valence-electron chi connectivity index (χ1n) is 25.5. The SMILES string of the molecule is CC1(C)c2ccccc2-c2c(N(c3cccc(-c4ccc(F)cc4)c3)c3ccc4ccc5c(N(c6cccc(-c7ccc(F)cc7)c6)c6cccc7c6-c6ccccc6C7(C)C)ccc6ccc3c4c65)cccc21. The normalized spacial score (nSPS) is 13.8. The fraction of sp³-hybridized carbons (Fsp3) is 0.0857. The van der Waals surface area contributed by atoms with Gasteiger partial charge in [0.15, 0.2) is 0 Å². The number of benzene rings is 12. The zero-order valence-corrected chi connectivity index (χ0v) is 41.6. The van der Waals surface area contributed by atoms with Crippen LogP contribution in [0, 0.1) is 11.6 Å². The van der Waals surface area contributed by atoms with Gasteiger partial charge in [0.05, 0.1) is 22.7 Å². The van der Waals surface area contributed by atoms with Gasteiger partial charge >= 0.3 is 0 Å². The first kappa shape index (κ1) is 43.9. The molecule has 0 aromatic heterocycles. The minimum Gasteiger partial charge on any atom is -0.309 e. The molecule has 0 radical (unpaired) electrons. The van der Waals surface area contributed by atoms with Gasteiger partial charge in [-0.3, -0.25) is 0 Å². The van der Waals surface area contributed by atoms with Gasteiger partial charge < -0.3 is 9.80 Å². The number of anilines is 6. The van der Waals surface area contributed by atoms with Crippen molar-refractivity contribution >= 4 is 66.4 Å². The van der Waals surface area contributed by atoms with Crippen molar-refractivity contribution in [1.82, 2.24) is 0 Å². The molecule has 0 fully saturated rings. The minimum atomic E-state index is -0.256. The Morgan fingerprint density at radius 3 is 1.12 bits per heavy atom. The van der Waals surface area contributed by atoms with Gasteiger partial charge in [-0.2, -0.15) is 0 Å². The molecule has 74 heavy (non-hydrogen) atoms. The lowest BCUT2D eigenvalue weighted by molar-refractivity contribution is 0.627. The summed E-state index contributed by atoms with van der Waals surface area (Å²) in [6.07, 6.45) is 0. The van der Waals surface area contributed by atoms with E-state index in [2.05, 4.69) is 219 Å². The molecular formula is C70H50F2N2. The molecule has 0 aliphatic heterocycles. The molecule has 12 aromatic rings. The molecule has 0 N–H and O–H groups in total. The van der Waals surface area contributed by atoms with Gasteiger partial charge in [-0.15, -0.1) is 0 Å². The molecule has 12 aromatic carbocycles. The third-order valence-electron chi connectivity index (χ3n) is 16.3. The molecule has 2 aliphatic rings. The number of hydrogen-bond acceptors (Lipinski definition) is 2. The van der Waals surface area contributed by atoms with Crippen molar-refractivity contribution in [3.8, 4) is 44.5 Å². The predicted molar refractivity (Wildman–Crippen MR) is 305 cm³/mol.